The summed E-state index contributed by atoms with van der Waals surface area (Å²) in [5.41, 5.74) is 0.621. The SMILES string of the molecule is CCS(=O)(=O)CCSc1nnc(-c2cccc([N+](=O)[O-])c2)s1. The fraction of sp³-hybridized carbons (Fsp3) is 0.333. The molecule has 0 bridgehead atoms. The average molecular weight is 359 g/mol. The van der Waals surface area contributed by atoms with Crippen LogP contribution in [0, 0.1) is 10.1 Å². The number of rotatable bonds is 7. The molecule has 0 radical (unpaired) electrons. The van der Waals surface area contributed by atoms with E-state index in [-0.39, 0.29) is 17.2 Å². The minimum atomic E-state index is -2.99. The summed E-state index contributed by atoms with van der Waals surface area (Å²) in [5, 5.41) is 19.3. The number of thioether (sulfide) groups is 1. The van der Waals surface area contributed by atoms with Gasteiger partial charge >= 0.3 is 0 Å². The molecule has 1 aromatic carbocycles. The molecule has 1 aromatic heterocycles. The van der Waals surface area contributed by atoms with Gasteiger partial charge in [0.1, 0.15) is 5.01 Å². The number of nitro benzene ring substituents is 1. The molecule has 7 nitrogen and oxygen atoms in total. The van der Waals surface area contributed by atoms with Gasteiger partial charge in [-0.05, 0) is 0 Å². The molecule has 0 aliphatic heterocycles. The first-order valence-electron chi connectivity index (χ1n) is 6.33. The molecule has 0 unspecified atom stereocenters. The molecule has 2 aromatic rings. The Morgan fingerprint density at radius 3 is 2.82 bits per heavy atom. The predicted molar refractivity (Wildman–Crippen MR) is 87.1 cm³/mol. The molecule has 0 aliphatic carbocycles. The molecule has 0 amide bonds. The zero-order valence-corrected chi connectivity index (χ0v) is 14.1. The maximum Gasteiger partial charge on any atom is 0.270 e. The smallest absolute Gasteiger partial charge is 0.258 e. The van der Waals surface area contributed by atoms with Gasteiger partial charge in [-0.1, -0.05) is 42.2 Å². The molecule has 22 heavy (non-hydrogen) atoms. The molecule has 0 saturated heterocycles. The summed E-state index contributed by atoms with van der Waals surface area (Å²) in [7, 11) is -2.99. The Morgan fingerprint density at radius 1 is 1.36 bits per heavy atom. The lowest BCUT2D eigenvalue weighted by atomic mass is 10.2. The first kappa shape index (κ1) is 16.8. The average Bonchev–Trinajstić information content (AvgIpc) is 2.96. The second-order valence-corrected chi connectivity index (χ2v) is 9.06. The van der Waals surface area contributed by atoms with Crippen LogP contribution in [0.5, 0.6) is 0 Å². The van der Waals surface area contributed by atoms with E-state index in [1.165, 1.54) is 35.2 Å². The molecule has 0 N–H and O–H groups in total. The molecular weight excluding hydrogens is 346 g/mol. The molecule has 0 saturated carbocycles. The van der Waals surface area contributed by atoms with E-state index < -0.39 is 14.8 Å². The van der Waals surface area contributed by atoms with Gasteiger partial charge < -0.3 is 0 Å². The molecule has 1 heterocycles. The predicted octanol–water partition coefficient (Wildman–Crippen LogP) is 2.64. The highest BCUT2D eigenvalue weighted by atomic mass is 32.2. The number of benzene rings is 1. The largest absolute Gasteiger partial charge is 0.270 e. The van der Waals surface area contributed by atoms with E-state index in [0.29, 0.717) is 20.7 Å². The van der Waals surface area contributed by atoms with Crippen molar-refractivity contribution in [1.29, 1.82) is 0 Å². The fourth-order valence-corrected chi connectivity index (χ4v) is 4.74. The quantitative estimate of drug-likeness (QED) is 0.425. The van der Waals surface area contributed by atoms with Gasteiger partial charge in [0, 0.05) is 29.2 Å². The number of nitro groups is 1. The van der Waals surface area contributed by atoms with Gasteiger partial charge in [0.2, 0.25) is 0 Å². The number of hydrogen-bond donors (Lipinski definition) is 0. The Morgan fingerprint density at radius 2 is 2.14 bits per heavy atom. The van der Waals surface area contributed by atoms with Crippen molar-refractivity contribution in [2.24, 2.45) is 0 Å². The second-order valence-electron chi connectivity index (χ2n) is 4.27. The van der Waals surface area contributed by atoms with Crippen LogP contribution in [0.2, 0.25) is 0 Å². The Labute approximate surface area is 135 Å². The van der Waals surface area contributed by atoms with Gasteiger partial charge in [-0.2, -0.15) is 0 Å². The van der Waals surface area contributed by atoms with E-state index in [1.807, 2.05) is 0 Å². The lowest BCUT2D eigenvalue weighted by Gasteiger charge is -1.98. The van der Waals surface area contributed by atoms with Crippen LogP contribution < -0.4 is 0 Å². The van der Waals surface area contributed by atoms with Crippen molar-refractivity contribution in [2.75, 3.05) is 17.3 Å². The number of sulfone groups is 1. The Bertz CT molecular complexity index is 773. The highest BCUT2D eigenvalue weighted by Crippen LogP contribution is 2.30. The van der Waals surface area contributed by atoms with Crippen LogP contribution in [0.1, 0.15) is 6.92 Å². The van der Waals surface area contributed by atoms with E-state index in [4.69, 9.17) is 0 Å². The standard InChI is InChI=1S/C12H13N3O4S3/c1-2-22(18,19)7-6-20-12-14-13-11(21-12)9-4-3-5-10(8-9)15(16)17/h3-5,8H,2,6-7H2,1H3. The van der Waals surface area contributed by atoms with E-state index in [0.717, 1.165) is 0 Å². The van der Waals surface area contributed by atoms with Crippen LogP contribution in [0.15, 0.2) is 28.6 Å². The van der Waals surface area contributed by atoms with Crippen molar-refractivity contribution in [1.82, 2.24) is 10.2 Å². The van der Waals surface area contributed by atoms with Gasteiger partial charge in [0.15, 0.2) is 14.2 Å². The molecule has 2 rings (SSSR count). The first-order valence-corrected chi connectivity index (χ1v) is 9.95. The summed E-state index contributed by atoms with van der Waals surface area (Å²) in [6, 6.07) is 6.17. The fourth-order valence-electron chi connectivity index (χ4n) is 1.54. The van der Waals surface area contributed by atoms with Crippen molar-refractivity contribution in [2.45, 2.75) is 11.3 Å². The van der Waals surface area contributed by atoms with Gasteiger partial charge in [-0.3, -0.25) is 10.1 Å². The number of aromatic nitrogens is 2. The molecule has 118 valence electrons. The Hall–Kier alpha value is -1.52. The Kier molecular flexibility index (Phi) is 5.48. The highest BCUT2D eigenvalue weighted by Gasteiger charge is 2.13. The van der Waals surface area contributed by atoms with E-state index in [9.17, 15) is 18.5 Å². The molecule has 0 aliphatic rings. The third-order valence-corrected chi connectivity index (χ3v) is 6.84. The van der Waals surface area contributed by atoms with Gasteiger partial charge in [0.25, 0.3) is 5.69 Å². The zero-order valence-electron chi connectivity index (χ0n) is 11.6. The Balaban J connectivity index is 2.05. The van der Waals surface area contributed by atoms with Crippen LogP contribution in [0.4, 0.5) is 5.69 Å². The second kappa shape index (κ2) is 7.16. The first-order chi connectivity index (χ1) is 10.4. The topological polar surface area (TPSA) is 103 Å². The maximum absolute atomic E-state index is 11.4. The van der Waals surface area contributed by atoms with Crippen molar-refractivity contribution < 1.29 is 13.3 Å². The normalized spacial score (nSPS) is 11.5. The van der Waals surface area contributed by atoms with Crippen LogP contribution in [0.3, 0.4) is 0 Å². The molecule has 0 atom stereocenters. The van der Waals surface area contributed by atoms with E-state index >= 15 is 0 Å². The lowest BCUT2D eigenvalue weighted by Crippen LogP contribution is -2.10. The zero-order chi connectivity index (χ0) is 16.2. The summed E-state index contributed by atoms with van der Waals surface area (Å²) in [4.78, 5) is 10.3. The maximum atomic E-state index is 11.4. The lowest BCUT2D eigenvalue weighted by molar-refractivity contribution is -0.384. The third-order valence-electron chi connectivity index (χ3n) is 2.77. The van der Waals surface area contributed by atoms with Crippen molar-refractivity contribution in [3.63, 3.8) is 0 Å². The van der Waals surface area contributed by atoms with Crippen molar-refractivity contribution in [3.05, 3.63) is 34.4 Å². The van der Waals surface area contributed by atoms with E-state index in [1.54, 1.807) is 19.1 Å². The van der Waals surface area contributed by atoms with E-state index in [2.05, 4.69) is 10.2 Å². The summed E-state index contributed by atoms with van der Waals surface area (Å²) in [6.07, 6.45) is 0. The van der Waals surface area contributed by atoms with Crippen LogP contribution in [0.25, 0.3) is 10.6 Å². The molecule has 0 fully saturated rings. The van der Waals surface area contributed by atoms with Crippen molar-refractivity contribution >= 4 is 38.6 Å². The molecule has 10 heteroatoms. The van der Waals surface area contributed by atoms with Crippen LogP contribution in [-0.4, -0.2) is 40.8 Å². The van der Waals surface area contributed by atoms with Crippen LogP contribution in [-0.2, 0) is 9.84 Å². The number of nitrogens with zero attached hydrogens (tertiary/aromatic N) is 3. The molecular formula is C12H13N3O4S3. The summed E-state index contributed by atoms with van der Waals surface area (Å²) in [6.45, 7) is 1.62. The van der Waals surface area contributed by atoms with Gasteiger partial charge in [0.05, 0.1) is 10.7 Å². The van der Waals surface area contributed by atoms with Crippen LogP contribution >= 0.6 is 23.1 Å². The number of hydrogen-bond acceptors (Lipinski definition) is 8. The summed E-state index contributed by atoms with van der Waals surface area (Å²) >= 11 is 2.61. The minimum Gasteiger partial charge on any atom is -0.258 e. The van der Waals surface area contributed by atoms with Gasteiger partial charge in [-0.25, -0.2) is 8.42 Å². The summed E-state index contributed by atoms with van der Waals surface area (Å²) < 4.78 is 23.5. The highest BCUT2D eigenvalue weighted by molar-refractivity contribution is 8.02. The van der Waals surface area contributed by atoms with Gasteiger partial charge in [-0.15, -0.1) is 10.2 Å². The number of non-ortho nitro benzene ring substituents is 1. The van der Waals surface area contributed by atoms with Crippen molar-refractivity contribution in [3.8, 4) is 10.6 Å². The molecule has 0 spiro atoms. The summed E-state index contributed by atoms with van der Waals surface area (Å²) in [5.74, 6) is 0.641. The monoisotopic (exact) mass is 359 g/mol. The third kappa shape index (κ3) is 4.49. The minimum absolute atomic E-state index is 0.00376.